The summed E-state index contributed by atoms with van der Waals surface area (Å²) in [5, 5.41) is 3.77. The number of sulfonamides is 1. The number of para-hydroxylation sites is 1. The van der Waals surface area contributed by atoms with Crippen molar-refractivity contribution >= 4 is 39.1 Å². The summed E-state index contributed by atoms with van der Waals surface area (Å²) in [6, 6.07) is 21.6. The van der Waals surface area contributed by atoms with Gasteiger partial charge in [0.1, 0.15) is 11.9 Å². The average Bonchev–Trinajstić information content (AvgIpc) is 2.99. The van der Waals surface area contributed by atoms with Gasteiger partial charge in [-0.1, -0.05) is 85.5 Å². The Kier molecular flexibility index (Phi) is 11.6. The molecule has 0 radical (unpaired) electrons. The molecule has 0 bridgehead atoms. The summed E-state index contributed by atoms with van der Waals surface area (Å²) in [6.45, 7) is 0.0899. The fourth-order valence-corrected chi connectivity index (χ4v) is 6.61. The van der Waals surface area contributed by atoms with Crippen LogP contribution in [0, 0.1) is 5.82 Å². The molecule has 1 atom stereocenters. The van der Waals surface area contributed by atoms with Crippen molar-refractivity contribution in [3.8, 4) is 0 Å². The third-order valence-electron chi connectivity index (χ3n) is 7.76. The number of rotatable bonds is 13. The predicted octanol–water partition coefficient (Wildman–Crippen LogP) is 6.11. The van der Waals surface area contributed by atoms with E-state index in [0.717, 1.165) is 53.8 Å². The van der Waals surface area contributed by atoms with E-state index in [4.69, 9.17) is 11.6 Å². The van der Waals surface area contributed by atoms with Gasteiger partial charge in [0, 0.05) is 37.0 Å². The van der Waals surface area contributed by atoms with Gasteiger partial charge in [-0.3, -0.25) is 13.9 Å². The van der Waals surface area contributed by atoms with E-state index in [1.807, 2.05) is 42.5 Å². The average molecular weight is 628 g/mol. The van der Waals surface area contributed by atoms with Crippen molar-refractivity contribution in [1.82, 2.24) is 10.2 Å². The Balaban J connectivity index is 1.59. The molecular weight excluding hydrogens is 589 g/mol. The normalized spacial score (nSPS) is 14.6. The van der Waals surface area contributed by atoms with Gasteiger partial charge in [0.05, 0.1) is 11.9 Å². The number of carbonyl (C=O) groups excluding carboxylic acids is 2. The highest BCUT2D eigenvalue weighted by Crippen LogP contribution is 2.24. The van der Waals surface area contributed by atoms with Crippen molar-refractivity contribution in [1.29, 1.82) is 0 Å². The molecule has 7 nitrogen and oxygen atoms in total. The van der Waals surface area contributed by atoms with Crippen molar-refractivity contribution in [2.24, 2.45) is 0 Å². The first-order valence-corrected chi connectivity index (χ1v) is 16.9. The molecule has 4 rings (SSSR count). The lowest BCUT2D eigenvalue weighted by molar-refractivity contribution is -0.141. The first-order valence-electron chi connectivity index (χ1n) is 14.7. The van der Waals surface area contributed by atoms with Crippen LogP contribution in [0.2, 0.25) is 5.02 Å². The lowest BCUT2D eigenvalue weighted by atomic mass is 9.94. The number of hydrogen-bond donors (Lipinski definition) is 1. The molecule has 1 aliphatic rings. The maximum atomic E-state index is 14.5. The van der Waals surface area contributed by atoms with Gasteiger partial charge in [-0.2, -0.15) is 0 Å². The first-order chi connectivity index (χ1) is 20.6. The number of amides is 2. The van der Waals surface area contributed by atoms with Crippen molar-refractivity contribution in [3.63, 3.8) is 0 Å². The molecule has 1 aliphatic carbocycles. The molecule has 3 aromatic carbocycles. The van der Waals surface area contributed by atoms with Crippen molar-refractivity contribution in [2.75, 3.05) is 17.1 Å². The van der Waals surface area contributed by atoms with Crippen molar-refractivity contribution < 1.29 is 22.4 Å². The van der Waals surface area contributed by atoms with E-state index in [0.29, 0.717) is 11.4 Å². The number of nitrogens with one attached hydrogen (secondary N) is 1. The molecule has 230 valence electrons. The Morgan fingerprint density at radius 1 is 0.930 bits per heavy atom. The van der Waals surface area contributed by atoms with Gasteiger partial charge in [0.25, 0.3) is 0 Å². The summed E-state index contributed by atoms with van der Waals surface area (Å²) in [5.74, 6) is -1.16. The van der Waals surface area contributed by atoms with Crippen molar-refractivity contribution in [2.45, 2.75) is 70.0 Å². The van der Waals surface area contributed by atoms with E-state index in [9.17, 15) is 22.4 Å². The van der Waals surface area contributed by atoms with E-state index in [1.165, 1.54) is 18.2 Å². The minimum atomic E-state index is -3.81. The topological polar surface area (TPSA) is 86.8 Å². The van der Waals surface area contributed by atoms with Crippen LogP contribution < -0.4 is 9.62 Å². The Morgan fingerprint density at radius 3 is 2.23 bits per heavy atom. The fourth-order valence-electron chi connectivity index (χ4n) is 5.52. The fraction of sp³-hybridized carbons (Fsp3) is 0.394. The summed E-state index contributed by atoms with van der Waals surface area (Å²) in [7, 11) is -3.81. The van der Waals surface area contributed by atoms with E-state index < -0.39 is 21.9 Å². The van der Waals surface area contributed by atoms with Crippen LogP contribution in [0.3, 0.4) is 0 Å². The number of halogens is 2. The summed E-state index contributed by atoms with van der Waals surface area (Å²) in [5.41, 5.74) is 1.66. The summed E-state index contributed by atoms with van der Waals surface area (Å²) in [4.78, 5) is 29.4. The van der Waals surface area contributed by atoms with Crippen LogP contribution in [0.25, 0.3) is 0 Å². The third kappa shape index (κ3) is 9.53. The summed E-state index contributed by atoms with van der Waals surface area (Å²) >= 11 is 6.11. The molecule has 0 heterocycles. The first kappa shape index (κ1) is 32.5. The minimum Gasteiger partial charge on any atom is -0.352 e. The van der Waals surface area contributed by atoms with Gasteiger partial charge in [-0.25, -0.2) is 12.8 Å². The summed E-state index contributed by atoms with van der Waals surface area (Å²) in [6.07, 6.45) is 6.52. The molecule has 0 aromatic heterocycles. The molecule has 0 aliphatic heterocycles. The van der Waals surface area contributed by atoms with Crippen LogP contribution in [0.4, 0.5) is 10.1 Å². The number of hydrogen-bond acceptors (Lipinski definition) is 4. The monoisotopic (exact) mass is 627 g/mol. The Labute approximate surface area is 259 Å². The van der Waals surface area contributed by atoms with Crippen molar-refractivity contribution in [3.05, 3.63) is 101 Å². The highest BCUT2D eigenvalue weighted by atomic mass is 35.5. The number of carbonyl (C=O) groups is 2. The van der Waals surface area contributed by atoms with Crippen LogP contribution in [-0.4, -0.2) is 50.0 Å². The van der Waals surface area contributed by atoms with Crippen LogP contribution >= 0.6 is 11.6 Å². The van der Waals surface area contributed by atoms with Gasteiger partial charge in [0.2, 0.25) is 21.8 Å². The molecule has 10 heteroatoms. The molecule has 0 unspecified atom stereocenters. The number of anilines is 1. The SMILES string of the molecule is CS(=O)(=O)N(CCCC(=O)N(Cc1ccc(Cl)cc1)[C@@H](Cc1ccccc1)C(=O)NC1CCCCC1)c1ccccc1F. The van der Waals surface area contributed by atoms with E-state index >= 15 is 0 Å². The van der Waals surface area contributed by atoms with Gasteiger partial charge >= 0.3 is 0 Å². The van der Waals surface area contributed by atoms with Gasteiger partial charge in [-0.15, -0.1) is 0 Å². The van der Waals surface area contributed by atoms with E-state index in [1.54, 1.807) is 23.1 Å². The predicted molar refractivity (Wildman–Crippen MR) is 169 cm³/mol. The second kappa shape index (κ2) is 15.3. The smallest absolute Gasteiger partial charge is 0.243 e. The molecule has 1 N–H and O–H groups in total. The maximum absolute atomic E-state index is 14.5. The largest absolute Gasteiger partial charge is 0.352 e. The number of benzene rings is 3. The second-order valence-electron chi connectivity index (χ2n) is 11.1. The molecule has 0 spiro atoms. The molecule has 1 fully saturated rings. The molecular formula is C33H39ClFN3O4S. The second-order valence-corrected chi connectivity index (χ2v) is 13.4. The Morgan fingerprint density at radius 2 is 1.58 bits per heavy atom. The van der Waals surface area contributed by atoms with E-state index in [2.05, 4.69) is 5.32 Å². The molecule has 1 saturated carbocycles. The van der Waals surface area contributed by atoms with Crippen LogP contribution in [0.15, 0.2) is 78.9 Å². The van der Waals surface area contributed by atoms with Gasteiger partial charge < -0.3 is 10.2 Å². The zero-order chi connectivity index (χ0) is 30.8. The molecule has 3 aromatic rings. The Hall–Kier alpha value is -3.43. The van der Waals surface area contributed by atoms with Gasteiger partial charge in [0.15, 0.2) is 0 Å². The van der Waals surface area contributed by atoms with Gasteiger partial charge in [-0.05, 0) is 54.7 Å². The zero-order valence-corrected chi connectivity index (χ0v) is 26.0. The lowest BCUT2D eigenvalue weighted by Crippen LogP contribution is -2.52. The van der Waals surface area contributed by atoms with Crippen LogP contribution in [-0.2, 0) is 32.6 Å². The third-order valence-corrected chi connectivity index (χ3v) is 9.19. The highest BCUT2D eigenvalue weighted by molar-refractivity contribution is 7.92. The standard InChI is InChI=1S/C33H39ClFN3O4S/c1-43(41,42)38(30-16-9-8-15-29(30)35)22-10-17-32(39)37(24-26-18-20-27(34)21-19-26)31(23-25-11-4-2-5-12-25)33(40)36-28-13-6-3-7-14-28/h2,4-5,8-9,11-12,15-16,18-21,28,31H,3,6-7,10,13-14,17,22-24H2,1H3,(H,36,40)/t31-/m0/s1. The lowest BCUT2D eigenvalue weighted by Gasteiger charge is -2.34. The summed E-state index contributed by atoms with van der Waals surface area (Å²) < 4.78 is 40.6. The molecule has 2 amide bonds. The Bertz CT molecular complexity index is 1460. The quantitative estimate of drug-likeness (QED) is 0.248. The van der Waals surface area contributed by atoms with E-state index in [-0.39, 0.29) is 49.5 Å². The van der Waals surface area contributed by atoms with Crippen LogP contribution in [0.5, 0.6) is 0 Å². The van der Waals surface area contributed by atoms with Crippen LogP contribution in [0.1, 0.15) is 56.1 Å². The zero-order valence-electron chi connectivity index (χ0n) is 24.4. The molecule has 43 heavy (non-hydrogen) atoms. The molecule has 0 saturated heterocycles. The number of nitrogens with zero attached hydrogens (tertiary/aromatic N) is 2. The maximum Gasteiger partial charge on any atom is 0.243 e. The highest BCUT2D eigenvalue weighted by Gasteiger charge is 2.32. The minimum absolute atomic E-state index is 0.0317.